The number of hydrogen-bond acceptors (Lipinski definition) is 4. The van der Waals surface area contributed by atoms with Gasteiger partial charge in [-0.05, 0) is 31.9 Å². The maximum absolute atomic E-state index is 9.79. The Balaban J connectivity index is 1.66. The molecule has 1 unspecified atom stereocenters. The van der Waals surface area contributed by atoms with Crippen LogP contribution in [0, 0.1) is 5.41 Å². The molecule has 1 aromatic carbocycles. The lowest BCUT2D eigenvalue weighted by molar-refractivity contribution is 0.0789. The van der Waals surface area contributed by atoms with Crippen molar-refractivity contribution in [2.75, 3.05) is 13.2 Å². The van der Waals surface area contributed by atoms with E-state index >= 15 is 0 Å². The Labute approximate surface area is 130 Å². The highest BCUT2D eigenvalue weighted by molar-refractivity contribution is 7.18. The molecule has 0 bridgehead atoms. The van der Waals surface area contributed by atoms with E-state index in [-0.39, 0.29) is 11.5 Å². The van der Waals surface area contributed by atoms with E-state index in [1.165, 1.54) is 24.0 Å². The first kappa shape index (κ1) is 14.9. The molecule has 3 nitrogen and oxygen atoms in total. The second-order valence-corrected chi connectivity index (χ2v) is 7.40. The molecule has 3 rings (SSSR count). The molecule has 114 valence electrons. The molecule has 1 fully saturated rings. The number of nitrogens with zero attached hydrogens (tertiary/aromatic N) is 1. The zero-order valence-electron chi connectivity index (χ0n) is 12.6. The van der Waals surface area contributed by atoms with Gasteiger partial charge in [0.1, 0.15) is 5.01 Å². The molecular weight excluding hydrogens is 280 g/mol. The van der Waals surface area contributed by atoms with Gasteiger partial charge in [0, 0.05) is 18.6 Å². The minimum atomic E-state index is 0.0865. The van der Waals surface area contributed by atoms with Gasteiger partial charge < -0.3 is 10.4 Å². The summed E-state index contributed by atoms with van der Waals surface area (Å²) in [5.74, 6) is 0. The fourth-order valence-electron chi connectivity index (χ4n) is 3.22. The van der Waals surface area contributed by atoms with Crippen molar-refractivity contribution in [3.63, 3.8) is 0 Å². The Morgan fingerprint density at radius 3 is 2.76 bits per heavy atom. The van der Waals surface area contributed by atoms with Crippen molar-refractivity contribution >= 4 is 21.6 Å². The normalized spacial score (nSPS) is 19.7. The van der Waals surface area contributed by atoms with Gasteiger partial charge in [0.2, 0.25) is 0 Å². The number of rotatable bonds is 5. The van der Waals surface area contributed by atoms with E-state index < -0.39 is 0 Å². The van der Waals surface area contributed by atoms with Crippen LogP contribution in [0.3, 0.4) is 0 Å². The highest BCUT2D eigenvalue weighted by Gasteiger charge is 2.31. The molecule has 1 aliphatic rings. The average molecular weight is 304 g/mol. The Bertz CT molecular complexity index is 556. The Kier molecular flexibility index (Phi) is 4.57. The minimum absolute atomic E-state index is 0.0865. The van der Waals surface area contributed by atoms with Crippen LogP contribution in [0.4, 0.5) is 0 Å². The Morgan fingerprint density at radius 1 is 1.29 bits per heavy atom. The first-order valence-corrected chi connectivity index (χ1v) is 8.74. The van der Waals surface area contributed by atoms with Crippen molar-refractivity contribution in [3.8, 4) is 0 Å². The zero-order chi connectivity index (χ0) is 14.7. The molecule has 2 aromatic rings. The summed E-state index contributed by atoms with van der Waals surface area (Å²) in [6.45, 7) is 3.36. The van der Waals surface area contributed by atoms with Gasteiger partial charge in [0.25, 0.3) is 0 Å². The third-order valence-electron chi connectivity index (χ3n) is 4.71. The first-order valence-electron chi connectivity index (χ1n) is 7.92. The van der Waals surface area contributed by atoms with Crippen molar-refractivity contribution < 1.29 is 5.11 Å². The molecule has 2 N–H and O–H groups in total. The van der Waals surface area contributed by atoms with Crippen LogP contribution in [0.5, 0.6) is 0 Å². The lowest BCUT2D eigenvalue weighted by Gasteiger charge is -2.36. The monoisotopic (exact) mass is 304 g/mol. The summed E-state index contributed by atoms with van der Waals surface area (Å²) in [5.41, 5.74) is 1.17. The van der Waals surface area contributed by atoms with Crippen molar-refractivity contribution in [2.45, 2.75) is 45.1 Å². The van der Waals surface area contributed by atoms with Gasteiger partial charge in [-0.25, -0.2) is 4.98 Å². The summed E-state index contributed by atoms with van der Waals surface area (Å²) in [4.78, 5) is 4.72. The van der Waals surface area contributed by atoms with Crippen LogP contribution in [0.1, 0.15) is 50.1 Å². The van der Waals surface area contributed by atoms with Crippen molar-refractivity contribution in [2.24, 2.45) is 5.41 Å². The Hall–Kier alpha value is -0.970. The third-order valence-corrected chi connectivity index (χ3v) is 5.93. The number of fused-ring (bicyclic) bond motifs is 1. The summed E-state index contributed by atoms with van der Waals surface area (Å²) in [7, 11) is 0. The smallest absolute Gasteiger partial charge is 0.111 e. The summed E-state index contributed by atoms with van der Waals surface area (Å²) in [6.07, 6.45) is 6.09. The fraction of sp³-hybridized carbons (Fsp3) is 0.588. The topological polar surface area (TPSA) is 45.1 Å². The number of para-hydroxylation sites is 1. The molecule has 1 saturated carbocycles. The number of thiazole rings is 1. The molecule has 0 saturated heterocycles. The number of aliphatic hydroxyl groups is 1. The average Bonchev–Trinajstić information content (AvgIpc) is 2.97. The zero-order valence-corrected chi connectivity index (χ0v) is 13.5. The number of aliphatic hydroxyl groups excluding tert-OH is 1. The van der Waals surface area contributed by atoms with E-state index in [2.05, 4.69) is 30.4 Å². The van der Waals surface area contributed by atoms with Crippen molar-refractivity contribution in [1.29, 1.82) is 0 Å². The molecule has 21 heavy (non-hydrogen) atoms. The van der Waals surface area contributed by atoms with Gasteiger partial charge >= 0.3 is 0 Å². The summed E-state index contributed by atoms with van der Waals surface area (Å²) >= 11 is 1.76. The second kappa shape index (κ2) is 6.42. The SMILES string of the molecule is CC(NCC1(CO)CCCCC1)c1nc2ccccc2s1. The van der Waals surface area contributed by atoms with Crippen LogP contribution in [-0.2, 0) is 0 Å². The van der Waals surface area contributed by atoms with Gasteiger partial charge in [-0.3, -0.25) is 0 Å². The first-order chi connectivity index (χ1) is 10.2. The third kappa shape index (κ3) is 3.28. The maximum Gasteiger partial charge on any atom is 0.111 e. The van der Waals surface area contributed by atoms with Crippen LogP contribution in [0.15, 0.2) is 24.3 Å². The molecule has 1 atom stereocenters. The molecule has 0 aliphatic heterocycles. The Morgan fingerprint density at radius 2 is 2.05 bits per heavy atom. The van der Waals surface area contributed by atoms with E-state index in [1.807, 2.05) is 6.07 Å². The predicted molar refractivity (Wildman–Crippen MR) is 88.6 cm³/mol. The van der Waals surface area contributed by atoms with E-state index in [0.717, 1.165) is 29.9 Å². The quantitative estimate of drug-likeness (QED) is 0.881. The van der Waals surface area contributed by atoms with Gasteiger partial charge in [-0.1, -0.05) is 31.4 Å². The number of aromatic nitrogens is 1. The highest BCUT2D eigenvalue weighted by Crippen LogP contribution is 2.36. The van der Waals surface area contributed by atoms with Crippen LogP contribution in [0.25, 0.3) is 10.2 Å². The fourth-order valence-corrected chi connectivity index (χ4v) is 4.22. The van der Waals surface area contributed by atoms with Crippen LogP contribution < -0.4 is 5.32 Å². The van der Waals surface area contributed by atoms with E-state index in [0.29, 0.717) is 6.61 Å². The van der Waals surface area contributed by atoms with Crippen LogP contribution in [-0.4, -0.2) is 23.2 Å². The summed E-state index contributed by atoms with van der Waals surface area (Å²) in [6, 6.07) is 8.53. The van der Waals surface area contributed by atoms with Gasteiger partial charge in [0.15, 0.2) is 0 Å². The maximum atomic E-state index is 9.79. The molecule has 0 amide bonds. The summed E-state index contributed by atoms with van der Waals surface area (Å²) in [5, 5.41) is 14.5. The second-order valence-electron chi connectivity index (χ2n) is 6.34. The molecule has 0 spiro atoms. The van der Waals surface area contributed by atoms with E-state index in [9.17, 15) is 5.11 Å². The van der Waals surface area contributed by atoms with E-state index in [4.69, 9.17) is 4.98 Å². The van der Waals surface area contributed by atoms with Crippen LogP contribution >= 0.6 is 11.3 Å². The number of hydrogen-bond donors (Lipinski definition) is 2. The van der Waals surface area contributed by atoms with Gasteiger partial charge in [-0.15, -0.1) is 11.3 Å². The minimum Gasteiger partial charge on any atom is -0.396 e. The number of nitrogens with one attached hydrogen (secondary N) is 1. The van der Waals surface area contributed by atoms with Gasteiger partial charge in [-0.2, -0.15) is 0 Å². The van der Waals surface area contributed by atoms with Crippen LogP contribution in [0.2, 0.25) is 0 Å². The standard InChI is InChI=1S/C17H24N2OS/c1-13(16-19-14-7-3-4-8-15(14)21-16)18-11-17(12-20)9-5-2-6-10-17/h3-4,7-8,13,18,20H,2,5-6,9-12H2,1H3. The largest absolute Gasteiger partial charge is 0.396 e. The van der Waals surface area contributed by atoms with Crippen molar-refractivity contribution in [3.05, 3.63) is 29.3 Å². The molecule has 1 heterocycles. The lowest BCUT2D eigenvalue weighted by Crippen LogP contribution is -2.39. The highest BCUT2D eigenvalue weighted by atomic mass is 32.1. The predicted octanol–water partition coefficient (Wildman–Crippen LogP) is 3.89. The molecule has 0 radical (unpaired) electrons. The van der Waals surface area contributed by atoms with Crippen molar-refractivity contribution in [1.82, 2.24) is 10.3 Å². The van der Waals surface area contributed by atoms with Gasteiger partial charge in [0.05, 0.1) is 16.3 Å². The molecule has 4 heteroatoms. The molecule has 1 aromatic heterocycles. The van der Waals surface area contributed by atoms with E-state index in [1.54, 1.807) is 11.3 Å². The lowest BCUT2D eigenvalue weighted by atomic mass is 9.74. The number of benzene rings is 1. The molecular formula is C17H24N2OS. The summed E-state index contributed by atoms with van der Waals surface area (Å²) < 4.78 is 1.25. The molecule has 1 aliphatic carbocycles.